The van der Waals surface area contributed by atoms with Gasteiger partial charge in [0.15, 0.2) is 0 Å². The monoisotopic (exact) mass is 602 g/mol. The number of unbranched alkanes of at least 4 members (excludes halogenated alkanes) is 1. The number of hydrogen-bond acceptors (Lipinski definition) is 4. The smallest absolute Gasteiger partial charge is 0.246 e. The average Bonchev–Trinajstić information content (AvgIpc) is 3.01. The average molecular weight is 603 g/mol. The third-order valence-electron chi connectivity index (χ3n) is 8.15. The Hall–Kier alpha value is -4.27. The summed E-state index contributed by atoms with van der Waals surface area (Å²) in [5.74, 6) is -1.61. The summed E-state index contributed by atoms with van der Waals surface area (Å²) in [5, 5.41) is 7.92. The van der Waals surface area contributed by atoms with Crippen LogP contribution in [-0.4, -0.2) is 71.2 Å². The molecule has 3 aromatic rings. The first-order chi connectivity index (χ1) is 21.2. The molecule has 9 heteroatoms. The molecule has 8 nitrogen and oxygen atoms in total. The summed E-state index contributed by atoms with van der Waals surface area (Å²) in [7, 11) is 0. The number of benzene rings is 3. The number of amides is 4. The number of fused-ring (bicyclic) bond motifs is 1. The molecule has 4 rings (SSSR count). The summed E-state index contributed by atoms with van der Waals surface area (Å²) in [6, 6.07) is 17.5. The van der Waals surface area contributed by atoms with E-state index in [-0.39, 0.29) is 43.1 Å². The zero-order valence-corrected chi connectivity index (χ0v) is 25.9. The van der Waals surface area contributed by atoms with E-state index in [1.54, 1.807) is 21.9 Å². The summed E-state index contributed by atoms with van der Waals surface area (Å²) in [4.78, 5) is 57.0. The number of halogens is 1. The van der Waals surface area contributed by atoms with Gasteiger partial charge in [0, 0.05) is 39.4 Å². The van der Waals surface area contributed by atoms with Crippen molar-refractivity contribution in [2.75, 3.05) is 19.6 Å². The van der Waals surface area contributed by atoms with Crippen LogP contribution in [0.2, 0.25) is 0 Å². The molecule has 44 heavy (non-hydrogen) atoms. The Morgan fingerprint density at radius 2 is 1.61 bits per heavy atom. The van der Waals surface area contributed by atoms with E-state index in [2.05, 4.69) is 23.6 Å². The second-order valence-electron chi connectivity index (χ2n) is 11.5. The Morgan fingerprint density at radius 1 is 0.909 bits per heavy atom. The molecule has 1 aliphatic rings. The number of carbonyl (C=O) groups is 4. The minimum Gasteiger partial charge on any atom is -0.354 e. The standard InChI is InChI=1S/C35H43FN4O4/c1-4-6-18-37-33(42)32(23-26-12-15-27-10-7-8-11-28(27)21-26)40-20-19-39(31(9-5-2)35(40)44)34(43)30(38-24(3)41)22-25-13-16-29(36)17-14-25/h7-8,10-17,21,30-32H,4-6,9,18-20,22-23H2,1-3H3,(H,37,42)(H,38,41)/t30?,31-,32?/m1/s1. The van der Waals surface area contributed by atoms with Gasteiger partial charge in [0.1, 0.15) is 23.9 Å². The van der Waals surface area contributed by atoms with Crippen molar-refractivity contribution in [3.05, 3.63) is 83.7 Å². The molecule has 0 bridgehead atoms. The first-order valence-electron chi connectivity index (χ1n) is 15.6. The fourth-order valence-corrected chi connectivity index (χ4v) is 5.87. The SMILES string of the molecule is CCCCNC(=O)C(Cc1ccc2ccccc2c1)N1CCN(C(=O)C(Cc2ccc(F)cc2)NC(C)=O)[C@H](CCC)C1=O. The second-order valence-corrected chi connectivity index (χ2v) is 11.5. The van der Waals surface area contributed by atoms with Crippen molar-refractivity contribution in [3.63, 3.8) is 0 Å². The molecule has 1 heterocycles. The maximum absolute atomic E-state index is 14.2. The molecule has 0 spiro atoms. The molecule has 3 aromatic carbocycles. The predicted octanol–water partition coefficient (Wildman–Crippen LogP) is 4.39. The van der Waals surface area contributed by atoms with E-state index in [0.717, 1.165) is 29.2 Å². The second kappa shape index (κ2) is 15.5. The molecule has 1 saturated heterocycles. The van der Waals surface area contributed by atoms with Crippen LogP contribution in [0.4, 0.5) is 4.39 Å². The molecule has 0 aromatic heterocycles. The van der Waals surface area contributed by atoms with Crippen molar-refractivity contribution in [2.45, 2.75) is 77.4 Å². The van der Waals surface area contributed by atoms with E-state index < -0.39 is 23.9 Å². The third-order valence-corrected chi connectivity index (χ3v) is 8.15. The van der Waals surface area contributed by atoms with Crippen LogP contribution in [0, 0.1) is 5.82 Å². The first-order valence-corrected chi connectivity index (χ1v) is 15.6. The van der Waals surface area contributed by atoms with Crippen LogP contribution in [-0.2, 0) is 32.0 Å². The Kier molecular flexibility index (Phi) is 11.5. The van der Waals surface area contributed by atoms with Crippen molar-refractivity contribution in [3.8, 4) is 0 Å². The summed E-state index contributed by atoms with van der Waals surface area (Å²) in [5.41, 5.74) is 1.64. The molecule has 234 valence electrons. The molecular weight excluding hydrogens is 559 g/mol. The highest BCUT2D eigenvalue weighted by molar-refractivity contribution is 5.95. The van der Waals surface area contributed by atoms with Gasteiger partial charge in [-0.25, -0.2) is 4.39 Å². The predicted molar refractivity (Wildman–Crippen MR) is 169 cm³/mol. The van der Waals surface area contributed by atoms with Gasteiger partial charge in [0.05, 0.1) is 0 Å². The lowest BCUT2D eigenvalue weighted by Gasteiger charge is -2.44. The van der Waals surface area contributed by atoms with E-state index in [9.17, 15) is 23.6 Å². The highest BCUT2D eigenvalue weighted by Gasteiger charge is 2.43. The molecule has 3 atom stereocenters. The zero-order chi connectivity index (χ0) is 31.6. The van der Waals surface area contributed by atoms with Crippen LogP contribution in [0.3, 0.4) is 0 Å². The molecule has 0 radical (unpaired) electrons. The Bertz CT molecular complexity index is 1460. The van der Waals surface area contributed by atoms with Crippen LogP contribution >= 0.6 is 0 Å². The molecule has 1 aliphatic heterocycles. The van der Waals surface area contributed by atoms with E-state index >= 15 is 0 Å². The van der Waals surface area contributed by atoms with Crippen molar-refractivity contribution in [2.24, 2.45) is 0 Å². The summed E-state index contributed by atoms with van der Waals surface area (Å²) in [6.07, 6.45) is 3.35. The van der Waals surface area contributed by atoms with Crippen molar-refractivity contribution >= 4 is 34.4 Å². The fourth-order valence-electron chi connectivity index (χ4n) is 5.87. The number of nitrogens with one attached hydrogen (secondary N) is 2. The lowest BCUT2D eigenvalue weighted by molar-refractivity contribution is -0.157. The number of piperazine rings is 1. The molecule has 2 unspecified atom stereocenters. The lowest BCUT2D eigenvalue weighted by Crippen LogP contribution is -2.65. The molecule has 1 fully saturated rings. The van der Waals surface area contributed by atoms with Crippen LogP contribution in [0.1, 0.15) is 57.6 Å². The number of nitrogens with zero attached hydrogens (tertiary/aromatic N) is 2. The van der Waals surface area contributed by atoms with Crippen molar-refractivity contribution in [1.82, 2.24) is 20.4 Å². The number of carbonyl (C=O) groups excluding carboxylic acids is 4. The van der Waals surface area contributed by atoms with Crippen LogP contribution < -0.4 is 10.6 Å². The summed E-state index contributed by atoms with van der Waals surface area (Å²) < 4.78 is 13.5. The molecular formula is C35H43FN4O4. The topological polar surface area (TPSA) is 98.8 Å². The van der Waals surface area contributed by atoms with Gasteiger partial charge in [-0.15, -0.1) is 0 Å². The highest BCUT2D eigenvalue weighted by Crippen LogP contribution is 2.24. The van der Waals surface area contributed by atoms with Gasteiger partial charge in [-0.1, -0.05) is 81.3 Å². The van der Waals surface area contributed by atoms with E-state index in [0.29, 0.717) is 31.4 Å². The van der Waals surface area contributed by atoms with E-state index in [4.69, 9.17) is 0 Å². The molecule has 2 N–H and O–H groups in total. The maximum atomic E-state index is 14.2. The van der Waals surface area contributed by atoms with Crippen LogP contribution in [0.25, 0.3) is 10.8 Å². The molecule has 0 aliphatic carbocycles. The lowest BCUT2D eigenvalue weighted by atomic mass is 9.96. The van der Waals surface area contributed by atoms with Crippen molar-refractivity contribution < 1.29 is 23.6 Å². The van der Waals surface area contributed by atoms with Gasteiger partial charge < -0.3 is 20.4 Å². The molecule has 4 amide bonds. The minimum atomic E-state index is -0.914. The minimum absolute atomic E-state index is 0.163. The normalized spacial score (nSPS) is 16.5. The number of hydrogen-bond donors (Lipinski definition) is 2. The van der Waals surface area contributed by atoms with Crippen LogP contribution in [0.15, 0.2) is 66.7 Å². The maximum Gasteiger partial charge on any atom is 0.246 e. The quantitative estimate of drug-likeness (QED) is 0.284. The fraction of sp³-hybridized carbons (Fsp3) is 0.429. The summed E-state index contributed by atoms with van der Waals surface area (Å²) in [6.45, 7) is 6.28. The van der Waals surface area contributed by atoms with Crippen LogP contribution in [0.5, 0.6) is 0 Å². The zero-order valence-electron chi connectivity index (χ0n) is 25.9. The van der Waals surface area contributed by atoms with Gasteiger partial charge in [-0.05, 0) is 46.9 Å². The van der Waals surface area contributed by atoms with Gasteiger partial charge in [0.25, 0.3) is 0 Å². The van der Waals surface area contributed by atoms with Gasteiger partial charge in [-0.3, -0.25) is 19.2 Å². The van der Waals surface area contributed by atoms with E-state index in [1.807, 2.05) is 43.3 Å². The largest absolute Gasteiger partial charge is 0.354 e. The number of rotatable bonds is 13. The van der Waals surface area contributed by atoms with Gasteiger partial charge in [0.2, 0.25) is 23.6 Å². The van der Waals surface area contributed by atoms with Gasteiger partial charge in [-0.2, -0.15) is 0 Å². The third kappa shape index (κ3) is 8.21. The Balaban J connectivity index is 1.59. The van der Waals surface area contributed by atoms with E-state index in [1.165, 1.54) is 19.1 Å². The Morgan fingerprint density at radius 3 is 2.30 bits per heavy atom. The Labute approximate surface area is 259 Å². The van der Waals surface area contributed by atoms with Gasteiger partial charge >= 0.3 is 0 Å². The molecule has 0 saturated carbocycles. The van der Waals surface area contributed by atoms with Crippen molar-refractivity contribution in [1.29, 1.82) is 0 Å². The first kappa shape index (κ1) is 32.6. The highest BCUT2D eigenvalue weighted by atomic mass is 19.1. The summed E-state index contributed by atoms with van der Waals surface area (Å²) >= 11 is 0.